The molecule has 0 amide bonds. The molecule has 0 unspecified atom stereocenters. The van der Waals surface area contributed by atoms with Gasteiger partial charge >= 0.3 is 5.97 Å². The average molecular weight is 301 g/mol. The molecule has 0 aliphatic rings. The minimum absolute atomic E-state index is 0.108. The van der Waals surface area contributed by atoms with Gasteiger partial charge in [-0.2, -0.15) is 0 Å². The first kappa shape index (κ1) is 16.5. The average Bonchev–Trinajstić information content (AvgIpc) is 2.35. The normalized spacial score (nSPS) is 12.2. The lowest BCUT2D eigenvalue weighted by atomic mass is 9.98. The van der Waals surface area contributed by atoms with Gasteiger partial charge in [-0.15, -0.1) is 0 Å². The number of hydrogen-bond donors (Lipinski definition) is 2. The largest absolute Gasteiger partial charge is 0.495 e. The highest BCUT2D eigenvalue weighted by molar-refractivity contribution is 7.89. The Bertz CT molecular complexity index is 602. The number of nitrogens with one attached hydrogen (secondary N) is 1. The maximum Gasteiger partial charge on any atom is 0.335 e. The molecule has 0 atom stereocenters. The summed E-state index contributed by atoms with van der Waals surface area (Å²) in [5.41, 5.74) is -0.341. The lowest BCUT2D eigenvalue weighted by Crippen LogP contribution is -2.32. The molecule has 0 aliphatic carbocycles. The van der Waals surface area contributed by atoms with E-state index in [-0.39, 0.29) is 28.2 Å². The monoisotopic (exact) mass is 301 g/mol. The molecule has 0 bridgehead atoms. The predicted molar refractivity (Wildman–Crippen MR) is 74.6 cm³/mol. The van der Waals surface area contributed by atoms with Crippen LogP contribution in [0.4, 0.5) is 0 Å². The van der Waals surface area contributed by atoms with Crippen LogP contribution >= 0.6 is 0 Å². The fourth-order valence-electron chi connectivity index (χ4n) is 1.41. The van der Waals surface area contributed by atoms with Gasteiger partial charge in [-0.1, -0.05) is 20.8 Å². The van der Waals surface area contributed by atoms with E-state index in [0.717, 1.165) is 6.07 Å². The van der Waals surface area contributed by atoms with Crippen molar-refractivity contribution >= 4 is 16.0 Å². The van der Waals surface area contributed by atoms with Gasteiger partial charge in [-0.05, 0) is 23.6 Å². The summed E-state index contributed by atoms with van der Waals surface area (Å²) in [6, 6.07) is 3.71. The minimum atomic E-state index is -3.83. The van der Waals surface area contributed by atoms with Crippen LogP contribution in [0.15, 0.2) is 23.1 Å². The molecule has 0 aromatic heterocycles. The smallest absolute Gasteiger partial charge is 0.335 e. The van der Waals surface area contributed by atoms with Gasteiger partial charge in [-0.3, -0.25) is 0 Å². The molecule has 0 fully saturated rings. The molecular formula is C13H19NO5S. The fraction of sp³-hybridized carbons (Fsp3) is 0.462. The lowest BCUT2D eigenvalue weighted by molar-refractivity contribution is 0.0696. The molecule has 0 heterocycles. The number of carboxylic acids is 1. The highest BCUT2D eigenvalue weighted by Crippen LogP contribution is 2.25. The molecule has 112 valence electrons. The zero-order chi connectivity index (χ0) is 15.6. The molecule has 1 rings (SSSR count). The molecule has 0 spiro atoms. The van der Waals surface area contributed by atoms with E-state index in [1.807, 2.05) is 20.8 Å². The zero-order valence-electron chi connectivity index (χ0n) is 11.9. The SMILES string of the molecule is COc1ccc(C(=O)O)cc1S(=O)(=O)NCC(C)(C)C. The van der Waals surface area contributed by atoms with Crippen LogP contribution in [0.1, 0.15) is 31.1 Å². The fourth-order valence-corrected chi connectivity index (χ4v) is 2.89. The number of rotatable bonds is 5. The van der Waals surface area contributed by atoms with Gasteiger partial charge in [0.05, 0.1) is 12.7 Å². The number of sulfonamides is 1. The van der Waals surface area contributed by atoms with Crippen molar-refractivity contribution < 1.29 is 23.1 Å². The van der Waals surface area contributed by atoms with Crippen LogP contribution in [-0.4, -0.2) is 33.1 Å². The van der Waals surface area contributed by atoms with Crippen LogP contribution in [0.2, 0.25) is 0 Å². The van der Waals surface area contributed by atoms with Crippen LogP contribution in [0.3, 0.4) is 0 Å². The summed E-state index contributed by atoms with van der Waals surface area (Å²) < 4.78 is 31.9. The van der Waals surface area contributed by atoms with Crippen molar-refractivity contribution in [3.63, 3.8) is 0 Å². The van der Waals surface area contributed by atoms with Gasteiger partial charge in [0, 0.05) is 6.54 Å². The van der Waals surface area contributed by atoms with Gasteiger partial charge in [0.15, 0.2) is 0 Å². The second-order valence-electron chi connectivity index (χ2n) is 5.56. The Morgan fingerprint density at radius 2 is 1.95 bits per heavy atom. The standard InChI is InChI=1S/C13H19NO5S/c1-13(2,3)8-14-20(17,18)11-7-9(12(15)16)5-6-10(11)19-4/h5-7,14H,8H2,1-4H3,(H,15,16). The third-order valence-corrected chi connectivity index (χ3v) is 3.92. The van der Waals surface area contributed by atoms with Crippen molar-refractivity contribution in [3.05, 3.63) is 23.8 Å². The molecule has 1 aromatic carbocycles. The van der Waals surface area contributed by atoms with Crippen LogP contribution < -0.4 is 9.46 Å². The Hall–Kier alpha value is -1.60. The van der Waals surface area contributed by atoms with Crippen molar-refractivity contribution in [2.24, 2.45) is 5.41 Å². The highest BCUT2D eigenvalue weighted by atomic mass is 32.2. The summed E-state index contributed by atoms with van der Waals surface area (Å²) in [4.78, 5) is 10.8. The van der Waals surface area contributed by atoms with Crippen molar-refractivity contribution in [3.8, 4) is 5.75 Å². The molecule has 1 aromatic rings. The van der Waals surface area contributed by atoms with Crippen molar-refractivity contribution in [1.82, 2.24) is 4.72 Å². The molecule has 0 saturated carbocycles. The number of methoxy groups -OCH3 is 1. The quantitative estimate of drug-likeness (QED) is 0.863. The third-order valence-electron chi connectivity index (χ3n) is 2.49. The molecular weight excluding hydrogens is 282 g/mol. The first-order chi connectivity index (χ1) is 9.07. The molecule has 20 heavy (non-hydrogen) atoms. The molecule has 7 heteroatoms. The Balaban J connectivity index is 3.21. The van der Waals surface area contributed by atoms with E-state index < -0.39 is 16.0 Å². The molecule has 0 aliphatic heterocycles. The van der Waals surface area contributed by atoms with Gasteiger partial charge < -0.3 is 9.84 Å². The van der Waals surface area contributed by atoms with E-state index in [0.29, 0.717) is 0 Å². The molecule has 6 nitrogen and oxygen atoms in total. The Kier molecular flexibility index (Phi) is 4.77. The van der Waals surface area contributed by atoms with Crippen molar-refractivity contribution in [2.45, 2.75) is 25.7 Å². The molecule has 0 saturated heterocycles. The lowest BCUT2D eigenvalue weighted by Gasteiger charge is -2.19. The number of ether oxygens (including phenoxy) is 1. The minimum Gasteiger partial charge on any atom is -0.495 e. The maximum atomic E-state index is 12.2. The first-order valence-corrected chi connectivity index (χ1v) is 7.46. The van der Waals surface area contributed by atoms with Gasteiger partial charge in [0.2, 0.25) is 10.0 Å². The summed E-state index contributed by atoms with van der Waals surface area (Å²) in [6.07, 6.45) is 0. The van der Waals surface area contributed by atoms with Crippen LogP contribution in [-0.2, 0) is 10.0 Å². The van der Waals surface area contributed by atoms with E-state index in [9.17, 15) is 13.2 Å². The van der Waals surface area contributed by atoms with E-state index in [1.54, 1.807) is 0 Å². The van der Waals surface area contributed by atoms with Gasteiger partial charge in [0.25, 0.3) is 0 Å². The van der Waals surface area contributed by atoms with Crippen LogP contribution in [0.25, 0.3) is 0 Å². The van der Waals surface area contributed by atoms with E-state index in [4.69, 9.17) is 9.84 Å². The zero-order valence-corrected chi connectivity index (χ0v) is 12.7. The van der Waals surface area contributed by atoms with Gasteiger partial charge in [-0.25, -0.2) is 17.9 Å². The molecule has 0 radical (unpaired) electrons. The number of hydrogen-bond acceptors (Lipinski definition) is 4. The summed E-state index contributed by atoms with van der Waals surface area (Å²) in [7, 11) is -2.50. The Morgan fingerprint density at radius 1 is 1.35 bits per heavy atom. The number of carboxylic acid groups (broad SMARTS) is 1. The number of carbonyl (C=O) groups is 1. The van der Waals surface area contributed by atoms with E-state index >= 15 is 0 Å². The van der Waals surface area contributed by atoms with Gasteiger partial charge in [0.1, 0.15) is 10.6 Å². The topological polar surface area (TPSA) is 92.7 Å². The van der Waals surface area contributed by atoms with Crippen LogP contribution in [0.5, 0.6) is 5.75 Å². The Morgan fingerprint density at radius 3 is 2.40 bits per heavy atom. The number of aromatic carboxylic acids is 1. The van der Waals surface area contributed by atoms with Crippen molar-refractivity contribution in [1.29, 1.82) is 0 Å². The second-order valence-corrected chi connectivity index (χ2v) is 7.29. The van der Waals surface area contributed by atoms with Crippen LogP contribution in [0, 0.1) is 5.41 Å². The Labute approximate surface area is 118 Å². The summed E-state index contributed by atoms with van der Waals surface area (Å²) >= 11 is 0. The summed E-state index contributed by atoms with van der Waals surface area (Å²) in [5.74, 6) is -1.09. The third kappa shape index (κ3) is 4.21. The molecule has 2 N–H and O–H groups in total. The predicted octanol–water partition coefficient (Wildman–Crippen LogP) is 1.72. The van der Waals surface area contributed by atoms with Crippen molar-refractivity contribution in [2.75, 3.05) is 13.7 Å². The first-order valence-electron chi connectivity index (χ1n) is 5.98. The van der Waals surface area contributed by atoms with E-state index in [2.05, 4.69) is 4.72 Å². The second kappa shape index (κ2) is 5.80. The number of benzene rings is 1. The van der Waals surface area contributed by atoms with E-state index in [1.165, 1.54) is 19.2 Å². The maximum absolute atomic E-state index is 12.2. The highest BCUT2D eigenvalue weighted by Gasteiger charge is 2.23. The summed E-state index contributed by atoms with van der Waals surface area (Å²) in [5, 5.41) is 8.94. The summed E-state index contributed by atoms with van der Waals surface area (Å²) in [6.45, 7) is 5.90.